The van der Waals surface area contributed by atoms with Gasteiger partial charge in [-0.05, 0) is 20.8 Å². The van der Waals surface area contributed by atoms with Gasteiger partial charge in [-0.3, -0.25) is 15.4 Å². The summed E-state index contributed by atoms with van der Waals surface area (Å²) in [6, 6.07) is -0.648. The standard InChI is InChI=1S/C9H15N2O3S/c1-9(2,3)14-8(13)11-5-15-4-6(11)7(10)12/h6,10H,4-5H2,1-3H3. The zero-order valence-electron chi connectivity index (χ0n) is 9.07. The molecular formula is C9H15N2O3S. The minimum absolute atomic E-state index is 0.421. The second-order valence-corrected chi connectivity index (χ2v) is 5.33. The van der Waals surface area contributed by atoms with Gasteiger partial charge in [0.15, 0.2) is 0 Å². The summed E-state index contributed by atoms with van der Waals surface area (Å²) in [5.41, 5.74) is 6.46. The molecule has 6 heteroatoms. The maximum Gasteiger partial charge on any atom is 0.411 e. The van der Waals surface area contributed by atoms with Gasteiger partial charge in [0.25, 0.3) is 5.91 Å². The summed E-state index contributed by atoms with van der Waals surface area (Å²) in [5.74, 6) is 0.178. The van der Waals surface area contributed by atoms with Crippen LogP contribution in [-0.4, -0.2) is 40.2 Å². The van der Waals surface area contributed by atoms with Crippen LogP contribution in [0.15, 0.2) is 0 Å². The van der Waals surface area contributed by atoms with Crippen molar-refractivity contribution in [3.05, 3.63) is 0 Å². The molecule has 0 aromatic rings. The fourth-order valence-corrected chi connectivity index (χ4v) is 2.30. The molecule has 0 aliphatic carbocycles. The van der Waals surface area contributed by atoms with Crippen molar-refractivity contribution < 1.29 is 14.3 Å². The van der Waals surface area contributed by atoms with Crippen molar-refractivity contribution in [2.75, 3.05) is 11.6 Å². The molecule has 1 N–H and O–H groups in total. The second kappa shape index (κ2) is 4.30. The number of nitrogens with zero attached hydrogens (tertiary/aromatic N) is 1. The third-order valence-corrected chi connectivity index (χ3v) is 2.83. The van der Waals surface area contributed by atoms with Crippen molar-refractivity contribution in [1.29, 1.82) is 0 Å². The smallest absolute Gasteiger partial charge is 0.411 e. The van der Waals surface area contributed by atoms with Crippen LogP contribution in [-0.2, 0) is 9.53 Å². The Morgan fingerprint density at radius 3 is 2.53 bits per heavy atom. The third kappa shape index (κ3) is 3.30. The minimum atomic E-state index is -0.731. The Balaban J connectivity index is 2.63. The molecule has 1 saturated heterocycles. The number of ether oxygens (including phenoxy) is 1. The lowest BCUT2D eigenvalue weighted by Crippen LogP contribution is -2.44. The van der Waals surface area contributed by atoms with E-state index in [4.69, 9.17) is 10.5 Å². The monoisotopic (exact) mass is 231 g/mol. The fourth-order valence-electron chi connectivity index (χ4n) is 1.16. The SMILES string of the molecule is CC(C)(C)OC(=O)N1CSCC1C([NH])=O. The average Bonchev–Trinajstić information content (AvgIpc) is 2.47. The van der Waals surface area contributed by atoms with Gasteiger partial charge in [0.1, 0.15) is 11.6 Å². The average molecular weight is 231 g/mol. The van der Waals surface area contributed by atoms with Crippen LogP contribution in [0.5, 0.6) is 0 Å². The van der Waals surface area contributed by atoms with Crippen molar-refractivity contribution in [3.8, 4) is 0 Å². The van der Waals surface area contributed by atoms with E-state index >= 15 is 0 Å². The van der Waals surface area contributed by atoms with Gasteiger partial charge in [-0.25, -0.2) is 4.79 Å². The van der Waals surface area contributed by atoms with Crippen LogP contribution in [0.25, 0.3) is 0 Å². The summed E-state index contributed by atoms with van der Waals surface area (Å²) >= 11 is 1.46. The molecule has 1 unspecified atom stereocenters. The highest BCUT2D eigenvalue weighted by Gasteiger charge is 2.36. The van der Waals surface area contributed by atoms with Gasteiger partial charge in [-0.1, -0.05) is 0 Å². The zero-order chi connectivity index (χ0) is 11.6. The Labute approximate surface area is 93.3 Å². The lowest BCUT2D eigenvalue weighted by Gasteiger charge is -2.26. The maximum atomic E-state index is 11.6. The Morgan fingerprint density at radius 1 is 1.47 bits per heavy atom. The second-order valence-electron chi connectivity index (χ2n) is 4.33. The normalized spacial score (nSPS) is 21.5. The molecule has 1 rings (SSSR count). The molecule has 15 heavy (non-hydrogen) atoms. The van der Waals surface area contributed by atoms with E-state index in [-0.39, 0.29) is 0 Å². The number of carbonyl (C=O) groups is 2. The van der Waals surface area contributed by atoms with Crippen molar-refractivity contribution in [2.24, 2.45) is 0 Å². The summed E-state index contributed by atoms with van der Waals surface area (Å²) < 4.78 is 5.14. The number of hydrogen-bond donors (Lipinski definition) is 0. The van der Waals surface area contributed by atoms with Crippen molar-refractivity contribution in [2.45, 2.75) is 32.4 Å². The largest absolute Gasteiger partial charge is 0.444 e. The van der Waals surface area contributed by atoms with Gasteiger partial charge >= 0.3 is 6.09 Å². The Hall–Kier alpha value is -0.910. The van der Waals surface area contributed by atoms with E-state index in [9.17, 15) is 9.59 Å². The molecule has 2 amide bonds. The van der Waals surface area contributed by atoms with Gasteiger partial charge in [0.2, 0.25) is 0 Å². The molecule has 1 heterocycles. The highest BCUT2D eigenvalue weighted by molar-refractivity contribution is 7.99. The quantitative estimate of drug-likeness (QED) is 0.677. The molecule has 1 fully saturated rings. The molecule has 0 aromatic carbocycles. The Kier molecular flexibility index (Phi) is 3.49. The van der Waals surface area contributed by atoms with Crippen molar-refractivity contribution >= 4 is 23.8 Å². The van der Waals surface area contributed by atoms with Crippen LogP contribution in [0.2, 0.25) is 0 Å². The Bertz CT molecular complexity index is 275. The molecule has 1 radical (unpaired) electrons. The van der Waals surface area contributed by atoms with Gasteiger partial charge in [-0.15, -0.1) is 11.8 Å². The number of nitrogens with one attached hydrogen (secondary N) is 1. The summed E-state index contributed by atoms with van der Waals surface area (Å²) in [4.78, 5) is 23.9. The van der Waals surface area contributed by atoms with Crippen molar-refractivity contribution in [1.82, 2.24) is 10.6 Å². The predicted molar refractivity (Wildman–Crippen MR) is 57.3 cm³/mol. The van der Waals surface area contributed by atoms with E-state index in [1.54, 1.807) is 20.8 Å². The van der Waals surface area contributed by atoms with E-state index in [1.165, 1.54) is 16.7 Å². The van der Waals surface area contributed by atoms with Crippen LogP contribution in [0, 0.1) is 0 Å². The first-order valence-electron chi connectivity index (χ1n) is 4.64. The lowest BCUT2D eigenvalue weighted by atomic mass is 10.2. The van der Waals surface area contributed by atoms with Crippen LogP contribution in [0.4, 0.5) is 4.79 Å². The van der Waals surface area contributed by atoms with E-state index in [0.717, 1.165) is 0 Å². The summed E-state index contributed by atoms with van der Waals surface area (Å²) in [6.07, 6.45) is -0.516. The highest BCUT2D eigenvalue weighted by atomic mass is 32.2. The molecule has 0 aromatic heterocycles. The summed E-state index contributed by atoms with van der Waals surface area (Å²) in [7, 11) is 0. The fraction of sp³-hybridized carbons (Fsp3) is 0.778. The molecule has 1 aliphatic rings. The van der Waals surface area contributed by atoms with Gasteiger partial charge in [0.05, 0.1) is 5.88 Å². The van der Waals surface area contributed by atoms with E-state index < -0.39 is 23.6 Å². The first kappa shape index (κ1) is 12.2. The molecular weight excluding hydrogens is 216 g/mol. The molecule has 85 valence electrons. The minimum Gasteiger partial charge on any atom is -0.444 e. The molecule has 1 atom stereocenters. The molecule has 5 nitrogen and oxygen atoms in total. The van der Waals surface area contributed by atoms with Crippen LogP contribution in [0.3, 0.4) is 0 Å². The summed E-state index contributed by atoms with van der Waals surface area (Å²) in [6.45, 7) is 5.31. The Morgan fingerprint density at radius 2 is 2.07 bits per heavy atom. The first-order valence-corrected chi connectivity index (χ1v) is 5.79. The molecule has 0 saturated carbocycles. The van der Waals surface area contributed by atoms with Gasteiger partial charge < -0.3 is 4.74 Å². The number of carbonyl (C=O) groups excluding carboxylic acids is 2. The van der Waals surface area contributed by atoms with E-state index in [0.29, 0.717) is 11.6 Å². The number of amides is 2. The van der Waals surface area contributed by atoms with Crippen molar-refractivity contribution in [3.63, 3.8) is 0 Å². The highest BCUT2D eigenvalue weighted by Crippen LogP contribution is 2.23. The number of thioether (sulfide) groups is 1. The number of hydrogen-bond acceptors (Lipinski definition) is 4. The summed E-state index contributed by atoms with van der Waals surface area (Å²) in [5, 5.41) is 0. The number of rotatable bonds is 1. The lowest BCUT2D eigenvalue weighted by molar-refractivity contribution is -0.122. The predicted octanol–water partition coefficient (Wildman–Crippen LogP) is 1.11. The molecule has 0 bridgehead atoms. The van der Waals surface area contributed by atoms with E-state index in [2.05, 4.69) is 0 Å². The zero-order valence-corrected chi connectivity index (χ0v) is 9.89. The first-order chi connectivity index (χ1) is 6.81. The van der Waals surface area contributed by atoms with Gasteiger partial charge in [-0.2, -0.15) is 0 Å². The van der Waals surface area contributed by atoms with Crippen LogP contribution >= 0.6 is 11.8 Å². The topological polar surface area (TPSA) is 70.4 Å². The molecule has 1 aliphatic heterocycles. The third-order valence-electron chi connectivity index (χ3n) is 1.81. The maximum absolute atomic E-state index is 11.6. The van der Waals surface area contributed by atoms with E-state index in [1.807, 2.05) is 0 Å². The molecule has 0 spiro atoms. The van der Waals surface area contributed by atoms with Crippen LogP contribution < -0.4 is 5.73 Å². The van der Waals surface area contributed by atoms with Crippen LogP contribution in [0.1, 0.15) is 20.8 Å². The van der Waals surface area contributed by atoms with Gasteiger partial charge in [0, 0.05) is 5.75 Å².